The summed E-state index contributed by atoms with van der Waals surface area (Å²) in [4.78, 5) is 36.8. The molecule has 0 heterocycles. The van der Waals surface area contributed by atoms with Crippen molar-refractivity contribution in [2.75, 3.05) is 6.61 Å². The van der Waals surface area contributed by atoms with Gasteiger partial charge < -0.3 is 35.5 Å². The first-order chi connectivity index (χ1) is 16.7. The van der Waals surface area contributed by atoms with Gasteiger partial charge in [0, 0.05) is 12.5 Å². The summed E-state index contributed by atoms with van der Waals surface area (Å²) < 4.78 is 5.68. The molecule has 6 atom stereocenters. The van der Waals surface area contributed by atoms with Gasteiger partial charge in [0.15, 0.2) is 0 Å². The first-order valence-corrected chi connectivity index (χ1v) is 12.4. The first kappa shape index (κ1) is 30.7. The van der Waals surface area contributed by atoms with Gasteiger partial charge in [0.1, 0.15) is 36.7 Å². The predicted octanol–water partition coefficient (Wildman–Crippen LogP) is 1.27. The SMILES string of the molecule is CCCCCCCC(=O)N[C@@H](C=O)[C@@H](OC(C)C(=O)NC(C)Cc1ccccc1)[C@H](O)[C@H](O)CO. The van der Waals surface area contributed by atoms with Gasteiger partial charge in [0.05, 0.1) is 6.61 Å². The van der Waals surface area contributed by atoms with E-state index < -0.39 is 48.9 Å². The number of rotatable bonds is 18. The highest BCUT2D eigenvalue weighted by atomic mass is 16.5. The van der Waals surface area contributed by atoms with Gasteiger partial charge in [-0.1, -0.05) is 62.9 Å². The van der Waals surface area contributed by atoms with Gasteiger partial charge in [-0.15, -0.1) is 0 Å². The Labute approximate surface area is 208 Å². The lowest BCUT2D eigenvalue weighted by molar-refractivity contribution is -0.157. The van der Waals surface area contributed by atoms with Crippen LogP contribution in [-0.2, 0) is 25.5 Å². The molecule has 5 N–H and O–H groups in total. The quantitative estimate of drug-likeness (QED) is 0.153. The molecule has 1 rings (SSSR count). The molecule has 0 saturated carbocycles. The first-order valence-electron chi connectivity index (χ1n) is 12.4. The van der Waals surface area contributed by atoms with E-state index in [4.69, 9.17) is 4.74 Å². The molecule has 1 aromatic rings. The van der Waals surface area contributed by atoms with Crippen LogP contribution < -0.4 is 10.6 Å². The molecule has 9 nitrogen and oxygen atoms in total. The summed E-state index contributed by atoms with van der Waals surface area (Å²) in [7, 11) is 0. The fraction of sp³-hybridized carbons (Fsp3) is 0.654. The zero-order valence-electron chi connectivity index (χ0n) is 21.1. The smallest absolute Gasteiger partial charge is 0.249 e. The Kier molecular flexibility index (Phi) is 15.0. The number of ether oxygens (including phenoxy) is 1. The maximum Gasteiger partial charge on any atom is 0.249 e. The summed E-state index contributed by atoms with van der Waals surface area (Å²) in [6.45, 7) is 4.60. The molecule has 0 bridgehead atoms. The molecular weight excluding hydrogens is 452 g/mol. The second-order valence-corrected chi connectivity index (χ2v) is 8.98. The third-order valence-corrected chi connectivity index (χ3v) is 5.76. The summed E-state index contributed by atoms with van der Waals surface area (Å²) in [5, 5.41) is 35.0. The standard InChI is InChI=1S/C26H42N2O7/c1-4-5-6-7-11-14-23(32)28-21(16-29)25(24(33)22(31)17-30)35-19(3)26(34)27-18(2)15-20-12-9-8-10-13-20/h8-10,12-13,16,18-19,21-22,24-25,30-31,33H,4-7,11,14-15,17H2,1-3H3,(H,27,34)(H,28,32)/t18?,19?,21-,22+,24+,25+/m0/s1. The molecule has 35 heavy (non-hydrogen) atoms. The summed E-state index contributed by atoms with van der Waals surface area (Å²) in [6, 6.07) is 8.10. The Hall–Kier alpha value is -2.33. The number of carbonyl (C=O) groups excluding carboxylic acids is 3. The van der Waals surface area contributed by atoms with Crippen LogP contribution in [0, 0.1) is 0 Å². The second kappa shape index (κ2) is 17.2. The van der Waals surface area contributed by atoms with Crippen molar-refractivity contribution in [3.8, 4) is 0 Å². The van der Waals surface area contributed by atoms with E-state index in [2.05, 4.69) is 17.6 Å². The van der Waals surface area contributed by atoms with Crippen LogP contribution in [0.4, 0.5) is 0 Å². The summed E-state index contributed by atoms with van der Waals surface area (Å²) in [5.41, 5.74) is 1.05. The van der Waals surface area contributed by atoms with Crippen LogP contribution in [0.3, 0.4) is 0 Å². The Morgan fingerprint density at radius 2 is 1.69 bits per heavy atom. The van der Waals surface area contributed by atoms with Gasteiger partial charge in [0.25, 0.3) is 0 Å². The number of benzene rings is 1. The molecule has 2 amide bonds. The predicted molar refractivity (Wildman–Crippen MR) is 133 cm³/mol. The van der Waals surface area contributed by atoms with Crippen LogP contribution in [0.15, 0.2) is 30.3 Å². The normalized spacial score (nSPS) is 16.4. The number of aliphatic hydroxyl groups is 3. The van der Waals surface area contributed by atoms with Gasteiger partial charge in [-0.3, -0.25) is 9.59 Å². The van der Waals surface area contributed by atoms with Crippen LogP contribution in [0.2, 0.25) is 0 Å². The number of hydrogen-bond acceptors (Lipinski definition) is 7. The van der Waals surface area contributed by atoms with Crippen LogP contribution in [0.5, 0.6) is 0 Å². The molecule has 0 fully saturated rings. The molecule has 0 saturated heterocycles. The van der Waals surface area contributed by atoms with E-state index in [-0.39, 0.29) is 12.5 Å². The zero-order valence-corrected chi connectivity index (χ0v) is 21.1. The van der Waals surface area contributed by atoms with Crippen molar-refractivity contribution in [1.29, 1.82) is 0 Å². The number of carbonyl (C=O) groups is 3. The lowest BCUT2D eigenvalue weighted by atomic mass is 10.0. The van der Waals surface area contributed by atoms with E-state index in [1.165, 1.54) is 6.92 Å². The van der Waals surface area contributed by atoms with E-state index in [1.54, 1.807) is 0 Å². The summed E-state index contributed by atoms with van der Waals surface area (Å²) in [5.74, 6) is -0.873. The summed E-state index contributed by atoms with van der Waals surface area (Å²) in [6.07, 6.45) is 0.0451. The third-order valence-electron chi connectivity index (χ3n) is 5.76. The minimum Gasteiger partial charge on any atom is -0.394 e. The Morgan fingerprint density at radius 3 is 2.29 bits per heavy atom. The lowest BCUT2D eigenvalue weighted by Gasteiger charge is -2.32. The van der Waals surface area contributed by atoms with E-state index >= 15 is 0 Å². The number of hydrogen-bond donors (Lipinski definition) is 5. The van der Waals surface area contributed by atoms with E-state index in [9.17, 15) is 29.7 Å². The highest BCUT2D eigenvalue weighted by Crippen LogP contribution is 2.13. The average Bonchev–Trinajstić information content (AvgIpc) is 2.85. The van der Waals surface area contributed by atoms with Crippen molar-refractivity contribution < 1.29 is 34.4 Å². The molecular formula is C26H42N2O7. The molecule has 9 heteroatoms. The fourth-order valence-corrected chi connectivity index (χ4v) is 3.72. The number of nitrogens with one attached hydrogen (secondary N) is 2. The highest BCUT2D eigenvalue weighted by molar-refractivity contribution is 5.81. The maximum absolute atomic E-state index is 12.7. The maximum atomic E-state index is 12.7. The summed E-state index contributed by atoms with van der Waals surface area (Å²) >= 11 is 0. The number of amides is 2. The third kappa shape index (κ3) is 11.8. The van der Waals surface area contributed by atoms with Crippen molar-refractivity contribution in [2.24, 2.45) is 0 Å². The van der Waals surface area contributed by atoms with Gasteiger partial charge in [-0.2, -0.15) is 0 Å². The van der Waals surface area contributed by atoms with Gasteiger partial charge in [-0.25, -0.2) is 0 Å². The van der Waals surface area contributed by atoms with Crippen LogP contribution in [0.1, 0.15) is 64.9 Å². The molecule has 0 aliphatic heterocycles. The number of unbranched alkanes of at least 4 members (excludes halogenated alkanes) is 4. The Morgan fingerprint density at radius 1 is 1.03 bits per heavy atom. The Balaban J connectivity index is 2.77. The molecule has 198 valence electrons. The molecule has 0 aromatic heterocycles. The molecule has 1 aromatic carbocycles. The van der Waals surface area contributed by atoms with Crippen molar-refractivity contribution >= 4 is 18.1 Å². The highest BCUT2D eigenvalue weighted by Gasteiger charge is 2.37. The van der Waals surface area contributed by atoms with Crippen LogP contribution in [0.25, 0.3) is 0 Å². The topological polar surface area (TPSA) is 145 Å². The van der Waals surface area contributed by atoms with E-state index in [1.807, 2.05) is 37.3 Å². The molecule has 0 aliphatic carbocycles. The van der Waals surface area contributed by atoms with Crippen LogP contribution in [-0.4, -0.2) is 76.5 Å². The van der Waals surface area contributed by atoms with Gasteiger partial charge >= 0.3 is 0 Å². The monoisotopic (exact) mass is 494 g/mol. The molecule has 0 spiro atoms. The van der Waals surface area contributed by atoms with E-state index in [0.29, 0.717) is 19.1 Å². The lowest BCUT2D eigenvalue weighted by Crippen LogP contribution is -2.56. The van der Waals surface area contributed by atoms with Crippen molar-refractivity contribution in [1.82, 2.24) is 10.6 Å². The number of aliphatic hydroxyl groups excluding tert-OH is 3. The number of aldehydes is 1. The van der Waals surface area contributed by atoms with E-state index in [0.717, 1.165) is 31.2 Å². The van der Waals surface area contributed by atoms with Crippen molar-refractivity contribution in [3.05, 3.63) is 35.9 Å². The molecule has 2 unspecified atom stereocenters. The zero-order chi connectivity index (χ0) is 26.2. The van der Waals surface area contributed by atoms with Crippen LogP contribution >= 0.6 is 0 Å². The van der Waals surface area contributed by atoms with Crippen molar-refractivity contribution in [2.45, 2.75) is 102 Å². The molecule has 0 radical (unpaired) electrons. The average molecular weight is 495 g/mol. The van der Waals surface area contributed by atoms with Gasteiger partial charge in [0.2, 0.25) is 11.8 Å². The van der Waals surface area contributed by atoms with Gasteiger partial charge in [-0.05, 0) is 32.3 Å². The minimum absolute atomic E-state index is 0.201. The largest absolute Gasteiger partial charge is 0.394 e. The Bertz CT molecular complexity index is 746. The minimum atomic E-state index is -1.71. The molecule has 0 aliphatic rings. The van der Waals surface area contributed by atoms with Crippen molar-refractivity contribution in [3.63, 3.8) is 0 Å². The fourth-order valence-electron chi connectivity index (χ4n) is 3.72. The second-order valence-electron chi connectivity index (χ2n) is 8.98.